The summed E-state index contributed by atoms with van der Waals surface area (Å²) in [5.74, 6) is -0.445. The normalized spacial score (nSPS) is 14.6. The Morgan fingerprint density at radius 3 is 2.23 bits per heavy atom. The number of nitro groups is 1. The first-order valence-corrected chi connectivity index (χ1v) is 9.51. The molecule has 0 atom stereocenters. The van der Waals surface area contributed by atoms with E-state index in [-0.39, 0.29) is 43.6 Å². The van der Waals surface area contributed by atoms with E-state index in [1.165, 1.54) is 6.92 Å². The van der Waals surface area contributed by atoms with Gasteiger partial charge in [-0.05, 0) is 38.5 Å². The molecule has 0 bridgehead atoms. The van der Waals surface area contributed by atoms with E-state index in [0.29, 0.717) is 28.6 Å². The average molecular weight is 438 g/mol. The fourth-order valence-corrected chi connectivity index (χ4v) is 3.91. The van der Waals surface area contributed by atoms with Crippen LogP contribution in [0.2, 0.25) is 0 Å². The van der Waals surface area contributed by atoms with Crippen LogP contribution in [-0.4, -0.2) is 52.7 Å². The lowest BCUT2D eigenvalue weighted by Crippen LogP contribution is -2.49. The van der Waals surface area contributed by atoms with Gasteiger partial charge >= 0.3 is 6.18 Å². The highest BCUT2D eigenvalue weighted by Crippen LogP contribution is 2.36. The number of ketones is 1. The molecule has 1 N–H and O–H groups in total. The van der Waals surface area contributed by atoms with Crippen molar-refractivity contribution in [2.24, 2.45) is 0 Å². The molecule has 8 nitrogen and oxygen atoms in total. The van der Waals surface area contributed by atoms with Crippen molar-refractivity contribution in [3.8, 4) is 0 Å². The molecule has 2 heterocycles. The lowest BCUT2D eigenvalue weighted by atomic mass is 10.1. The van der Waals surface area contributed by atoms with Crippen LogP contribution >= 0.6 is 0 Å². The van der Waals surface area contributed by atoms with Gasteiger partial charge < -0.3 is 14.8 Å². The van der Waals surface area contributed by atoms with Gasteiger partial charge in [-0.1, -0.05) is 0 Å². The number of anilines is 1. The zero-order chi connectivity index (χ0) is 23.1. The third-order valence-corrected chi connectivity index (χ3v) is 5.41. The summed E-state index contributed by atoms with van der Waals surface area (Å²) >= 11 is 0. The summed E-state index contributed by atoms with van der Waals surface area (Å²) in [4.78, 5) is 41.3. The van der Waals surface area contributed by atoms with Gasteiger partial charge in [0, 0.05) is 43.5 Å². The Hall–Kier alpha value is -3.37. The molecular formula is C20H21F3N4O4. The van der Waals surface area contributed by atoms with Gasteiger partial charge in [-0.3, -0.25) is 19.7 Å². The number of nitro benzene ring substituents is 1. The molecule has 0 aliphatic carbocycles. The number of rotatable bonds is 4. The number of halogens is 3. The molecule has 1 amide bonds. The maximum atomic E-state index is 12.9. The van der Waals surface area contributed by atoms with E-state index in [1.54, 1.807) is 23.6 Å². The highest BCUT2D eigenvalue weighted by molar-refractivity contribution is 6.02. The van der Waals surface area contributed by atoms with Crippen molar-refractivity contribution in [3.63, 3.8) is 0 Å². The fourth-order valence-electron chi connectivity index (χ4n) is 3.91. The Labute approximate surface area is 175 Å². The summed E-state index contributed by atoms with van der Waals surface area (Å²) < 4.78 is 38.7. The second-order valence-corrected chi connectivity index (χ2v) is 7.42. The van der Waals surface area contributed by atoms with Gasteiger partial charge in [-0.2, -0.15) is 13.2 Å². The predicted molar refractivity (Wildman–Crippen MR) is 106 cm³/mol. The minimum absolute atomic E-state index is 0.0795. The molecule has 11 heteroatoms. The Balaban J connectivity index is 1.78. The van der Waals surface area contributed by atoms with E-state index in [0.717, 1.165) is 12.1 Å². The van der Waals surface area contributed by atoms with Crippen LogP contribution in [0.5, 0.6) is 0 Å². The van der Waals surface area contributed by atoms with Crippen molar-refractivity contribution in [1.82, 2.24) is 9.88 Å². The van der Waals surface area contributed by atoms with Gasteiger partial charge in [-0.15, -0.1) is 0 Å². The molecule has 166 valence electrons. The van der Waals surface area contributed by atoms with Crippen LogP contribution in [0.25, 0.3) is 0 Å². The lowest BCUT2D eigenvalue weighted by Gasteiger charge is -2.35. The van der Waals surface area contributed by atoms with Gasteiger partial charge in [0.2, 0.25) is 0 Å². The maximum absolute atomic E-state index is 12.9. The van der Waals surface area contributed by atoms with Crippen molar-refractivity contribution in [2.45, 2.75) is 26.9 Å². The number of Topliss-reactive ketones (excluding diaryl/α,β-unsaturated/α-hetero) is 1. The minimum atomic E-state index is -4.68. The van der Waals surface area contributed by atoms with E-state index < -0.39 is 22.4 Å². The van der Waals surface area contributed by atoms with E-state index >= 15 is 0 Å². The van der Waals surface area contributed by atoms with Gasteiger partial charge in [-0.25, -0.2) is 0 Å². The molecule has 3 rings (SSSR count). The molecule has 1 aliphatic heterocycles. The van der Waals surface area contributed by atoms with Crippen LogP contribution in [0.15, 0.2) is 18.2 Å². The quantitative estimate of drug-likeness (QED) is 0.446. The first-order valence-electron chi connectivity index (χ1n) is 9.51. The Bertz CT molecular complexity index is 1050. The SMILES string of the molecule is CC(=O)c1c(C)[nH]c(C(=O)N2CCN(c3ccc(C(F)(F)F)cc3[N+](=O)[O-])CC2)c1C. The molecule has 1 saturated heterocycles. The monoisotopic (exact) mass is 438 g/mol. The zero-order valence-corrected chi connectivity index (χ0v) is 17.2. The number of alkyl halides is 3. The average Bonchev–Trinajstić information content (AvgIpc) is 3.00. The second kappa shape index (κ2) is 8.05. The molecule has 0 spiro atoms. The fraction of sp³-hybridized carbons (Fsp3) is 0.400. The van der Waals surface area contributed by atoms with Crippen LogP contribution < -0.4 is 4.90 Å². The summed E-state index contributed by atoms with van der Waals surface area (Å²) in [6, 6.07) is 2.44. The predicted octanol–water partition coefficient (Wildman–Crippen LogP) is 3.72. The number of aryl methyl sites for hydroxylation is 1. The van der Waals surface area contributed by atoms with E-state index in [9.17, 15) is 32.9 Å². The van der Waals surface area contributed by atoms with Crippen molar-refractivity contribution in [1.29, 1.82) is 0 Å². The molecular weight excluding hydrogens is 417 g/mol. The maximum Gasteiger partial charge on any atom is 0.416 e. The van der Waals surface area contributed by atoms with Crippen molar-refractivity contribution < 1.29 is 27.7 Å². The molecule has 1 aromatic carbocycles. The number of aromatic amines is 1. The third kappa shape index (κ3) is 4.25. The van der Waals surface area contributed by atoms with E-state index in [4.69, 9.17) is 0 Å². The Morgan fingerprint density at radius 1 is 1.13 bits per heavy atom. The lowest BCUT2D eigenvalue weighted by molar-refractivity contribution is -0.384. The number of hydrogen-bond acceptors (Lipinski definition) is 5. The highest BCUT2D eigenvalue weighted by Gasteiger charge is 2.35. The number of nitrogens with one attached hydrogen (secondary N) is 1. The minimum Gasteiger partial charge on any atom is -0.362 e. The number of carbonyl (C=O) groups excluding carboxylic acids is 2. The zero-order valence-electron chi connectivity index (χ0n) is 17.2. The first-order chi connectivity index (χ1) is 14.4. The van der Waals surface area contributed by atoms with Crippen molar-refractivity contribution in [2.75, 3.05) is 31.1 Å². The van der Waals surface area contributed by atoms with Crippen molar-refractivity contribution in [3.05, 3.63) is 56.4 Å². The van der Waals surface area contributed by atoms with Crippen LogP contribution in [0.4, 0.5) is 24.5 Å². The van der Waals surface area contributed by atoms with E-state index in [1.807, 2.05) is 0 Å². The smallest absolute Gasteiger partial charge is 0.362 e. The van der Waals surface area contributed by atoms with Gasteiger partial charge in [0.05, 0.1) is 10.5 Å². The van der Waals surface area contributed by atoms with Crippen LogP contribution in [0, 0.1) is 24.0 Å². The number of hydrogen-bond donors (Lipinski definition) is 1. The summed E-state index contributed by atoms with van der Waals surface area (Å²) in [6.45, 7) is 5.71. The van der Waals surface area contributed by atoms with Gasteiger partial charge in [0.15, 0.2) is 5.78 Å². The number of nitrogens with zero attached hydrogens (tertiary/aromatic N) is 3. The Morgan fingerprint density at radius 2 is 1.74 bits per heavy atom. The molecule has 1 fully saturated rings. The molecule has 0 unspecified atom stereocenters. The molecule has 0 radical (unpaired) electrons. The van der Waals surface area contributed by atoms with Crippen LogP contribution in [0.3, 0.4) is 0 Å². The standard InChI is InChI=1S/C20H21F3N4O4/c1-11-17(13(3)28)12(2)24-18(11)19(29)26-8-6-25(7-9-26)15-5-4-14(20(21,22)23)10-16(15)27(30)31/h4-5,10,24H,6-9H2,1-3H3. The van der Waals surface area contributed by atoms with Crippen LogP contribution in [0.1, 0.15) is 44.6 Å². The van der Waals surface area contributed by atoms with Crippen molar-refractivity contribution >= 4 is 23.1 Å². The number of piperazine rings is 1. The summed E-state index contributed by atoms with van der Waals surface area (Å²) in [5, 5.41) is 11.3. The number of carbonyl (C=O) groups is 2. The molecule has 1 aromatic heterocycles. The number of benzene rings is 1. The molecule has 2 aromatic rings. The molecule has 0 saturated carbocycles. The Kier molecular flexibility index (Phi) is 5.79. The van der Waals surface area contributed by atoms with Crippen LogP contribution in [-0.2, 0) is 6.18 Å². The molecule has 31 heavy (non-hydrogen) atoms. The summed E-state index contributed by atoms with van der Waals surface area (Å²) in [5.41, 5.74) is 0.324. The first kappa shape index (κ1) is 22.3. The highest BCUT2D eigenvalue weighted by atomic mass is 19.4. The topological polar surface area (TPSA) is 99.6 Å². The number of amides is 1. The van der Waals surface area contributed by atoms with E-state index in [2.05, 4.69) is 4.98 Å². The van der Waals surface area contributed by atoms with Gasteiger partial charge in [0.1, 0.15) is 11.4 Å². The second-order valence-electron chi connectivity index (χ2n) is 7.42. The molecule has 1 aliphatic rings. The number of H-pyrrole nitrogens is 1. The third-order valence-electron chi connectivity index (χ3n) is 5.41. The summed E-state index contributed by atoms with van der Waals surface area (Å²) in [7, 11) is 0. The summed E-state index contributed by atoms with van der Waals surface area (Å²) in [6.07, 6.45) is -4.68. The van der Waals surface area contributed by atoms with Gasteiger partial charge in [0.25, 0.3) is 11.6 Å². The number of aromatic nitrogens is 1. The largest absolute Gasteiger partial charge is 0.416 e.